The largest absolute Gasteiger partial charge is 0.382 e. The molecule has 30 heavy (non-hydrogen) atoms. The van der Waals surface area contributed by atoms with Gasteiger partial charge in [-0.25, -0.2) is 4.99 Å². The molecule has 1 fully saturated rings. The van der Waals surface area contributed by atoms with Gasteiger partial charge in [-0.1, -0.05) is 19.1 Å². The number of hydrogen-bond donors (Lipinski definition) is 1. The molecule has 1 atom stereocenters. The van der Waals surface area contributed by atoms with Crippen LogP contribution in [0.2, 0.25) is 0 Å². The first-order valence-electron chi connectivity index (χ1n) is 10.4. The van der Waals surface area contributed by atoms with E-state index < -0.39 is 5.66 Å². The summed E-state index contributed by atoms with van der Waals surface area (Å²) >= 11 is 3.53. The topological polar surface area (TPSA) is 72.9 Å². The lowest BCUT2D eigenvalue weighted by atomic mass is 9.63. The highest BCUT2D eigenvalue weighted by Crippen LogP contribution is 2.55. The summed E-state index contributed by atoms with van der Waals surface area (Å²) in [7, 11) is 1.80. The van der Waals surface area contributed by atoms with Gasteiger partial charge >= 0.3 is 0 Å². The third-order valence-corrected chi connectivity index (χ3v) is 7.28. The van der Waals surface area contributed by atoms with Gasteiger partial charge in [0.25, 0.3) is 0 Å². The van der Waals surface area contributed by atoms with Crippen molar-refractivity contribution in [2.24, 2.45) is 21.1 Å². The summed E-state index contributed by atoms with van der Waals surface area (Å²) in [5.41, 5.74) is 10.7. The molecule has 158 valence electrons. The van der Waals surface area contributed by atoms with Crippen molar-refractivity contribution in [3.63, 3.8) is 0 Å². The highest BCUT2D eigenvalue weighted by molar-refractivity contribution is 9.10. The number of pyridine rings is 1. The molecule has 1 unspecified atom stereocenters. The first-order chi connectivity index (χ1) is 14.3. The maximum absolute atomic E-state index is 6.31. The minimum atomic E-state index is -0.709. The van der Waals surface area contributed by atoms with Crippen molar-refractivity contribution >= 4 is 27.5 Å². The van der Waals surface area contributed by atoms with Gasteiger partial charge in [0.2, 0.25) is 0 Å². The Balaban J connectivity index is 1.87. The summed E-state index contributed by atoms with van der Waals surface area (Å²) in [6.45, 7) is 6.41. The number of hydrogen-bond acceptors (Lipinski definition) is 5. The molecule has 6 heteroatoms. The van der Waals surface area contributed by atoms with Crippen molar-refractivity contribution in [1.29, 1.82) is 0 Å². The minimum Gasteiger partial charge on any atom is -0.382 e. The molecule has 2 heterocycles. The molecule has 1 aromatic heterocycles. The summed E-state index contributed by atoms with van der Waals surface area (Å²) < 4.78 is 6.59. The Kier molecular flexibility index (Phi) is 5.58. The Labute approximate surface area is 187 Å². The number of rotatable bonds is 4. The molecule has 2 N–H and O–H groups in total. The van der Waals surface area contributed by atoms with Crippen molar-refractivity contribution < 1.29 is 4.74 Å². The Morgan fingerprint density at radius 3 is 2.40 bits per heavy atom. The number of nitrogens with zero attached hydrogens (tertiary/aromatic N) is 3. The van der Waals surface area contributed by atoms with Crippen LogP contribution >= 0.6 is 15.9 Å². The number of aliphatic imine (C=N–C) groups is 2. The summed E-state index contributed by atoms with van der Waals surface area (Å²) in [6, 6.07) is 8.61. The van der Waals surface area contributed by atoms with E-state index in [1.165, 1.54) is 5.56 Å². The average molecular weight is 469 g/mol. The maximum atomic E-state index is 6.31. The first-order valence-corrected chi connectivity index (χ1v) is 11.2. The molecule has 0 bridgehead atoms. The van der Waals surface area contributed by atoms with E-state index in [4.69, 9.17) is 20.5 Å². The zero-order valence-electron chi connectivity index (χ0n) is 18.1. The van der Waals surface area contributed by atoms with Crippen LogP contribution in [-0.4, -0.2) is 29.7 Å². The average Bonchev–Trinajstić information content (AvgIpc) is 3.05. The van der Waals surface area contributed by atoms with E-state index in [1.807, 2.05) is 13.1 Å². The van der Waals surface area contributed by atoms with Crippen LogP contribution < -0.4 is 5.73 Å². The van der Waals surface area contributed by atoms with E-state index in [-0.39, 0.29) is 5.41 Å². The quantitative estimate of drug-likeness (QED) is 0.652. The molecule has 5 nitrogen and oxygen atoms in total. The monoisotopic (exact) mass is 468 g/mol. The van der Waals surface area contributed by atoms with Gasteiger partial charge in [0.1, 0.15) is 5.84 Å². The Bertz CT molecular complexity index is 1000. The van der Waals surface area contributed by atoms with Crippen LogP contribution in [0.15, 0.2) is 51.1 Å². The van der Waals surface area contributed by atoms with Gasteiger partial charge in [0.15, 0.2) is 5.66 Å². The summed E-state index contributed by atoms with van der Waals surface area (Å²) in [4.78, 5) is 14.5. The summed E-state index contributed by atoms with van der Waals surface area (Å²) in [6.07, 6.45) is 7.98. The molecule has 1 aromatic carbocycles. The van der Waals surface area contributed by atoms with Crippen LogP contribution in [0.1, 0.15) is 50.7 Å². The Hall–Kier alpha value is -2.05. The predicted molar refractivity (Wildman–Crippen MR) is 126 cm³/mol. The molecule has 1 saturated carbocycles. The summed E-state index contributed by atoms with van der Waals surface area (Å²) in [5.74, 6) is 0.541. The van der Waals surface area contributed by atoms with Crippen LogP contribution in [0.5, 0.6) is 0 Å². The maximum Gasteiger partial charge on any atom is 0.184 e. The van der Waals surface area contributed by atoms with Crippen LogP contribution in [0.4, 0.5) is 0 Å². The molecule has 0 spiro atoms. The SMILES string of the molecule is COC1CCC(C)(C2(c3cc(-c4cncc(Br)c4)ccc3C)N=C(C)C(N)=N2)CC1. The van der Waals surface area contributed by atoms with Gasteiger partial charge in [-0.3, -0.25) is 9.98 Å². The van der Waals surface area contributed by atoms with Gasteiger partial charge in [0.05, 0.1) is 11.8 Å². The zero-order valence-corrected chi connectivity index (χ0v) is 19.7. The van der Waals surface area contributed by atoms with Crippen molar-refractivity contribution in [2.75, 3.05) is 7.11 Å². The number of nitrogens with two attached hydrogens (primary N) is 1. The third kappa shape index (κ3) is 3.50. The number of amidine groups is 1. The lowest BCUT2D eigenvalue weighted by Crippen LogP contribution is -2.44. The molecule has 2 aromatic rings. The Morgan fingerprint density at radius 2 is 1.80 bits per heavy atom. The van der Waals surface area contributed by atoms with Crippen molar-refractivity contribution in [1.82, 2.24) is 4.98 Å². The van der Waals surface area contributed by atoms with E-state index in [9.17, 15) is 0 Å². The fraction of sp³-hybridized carbons (Fsp3) is 0.458. The molecule has 0 amide bonds. The number of aryl methyl sites for hydroxylation is 1. The molecule has 1 aliphatic heterocycles. The van der Waals surface area contributed by atoms with E-state index in [2.05, 4.69) is 59.0 Å². The van der Waals surface area contributed by atoms with Crippen LogP contribution in [-0.2, 0) is 10.4 Å². The fourth-order valence-electron chi connectivity index (χ4n) is 4.86. The lowest BCUT2D eigenvalue weighted by molar-refractivity contribution is 0.00120. The van der Waals surface area contributed by atoms with Gasteiger partial charge in [-0.05, 0) is 78.7 Å². The number of methoxy groups -OCH3 is 1. The second-order valence-electron chi connectivity index (χ2n) is 8.78. The van der Waals surface area contributed by atoms with Gasteiger partial charge in [-0.15, -0.1) is 0 Å². The number of ether oxygens (including phenoxy) is 1. The number of benzene rings is 1. The number of halogens is 1. The molecule has 0 radical (unpaired) electrons. The molecule has 2 aliphatic rings. The predicted octanol–water partition coefficient (Wildman–Crippen LogP) is 5.40. The van der Waals surface area contributed by atoms with Crippen molar-refractivity contribution in [2.45, 2.75) is 58.2 Å². The molecule has 4 rings (SSSR count). The smallest absolute Gasteiger partial charge is 0.184 e. The van der Waals surface area contributed by atoms with Gasteiger partial charge < -0.3 is 10.5 Å². The van der Waals surface area contributed by atoms with E-state index >= 15 is 0 Å². The summed E-state index contributed by atoms with van der Waals surface area (Å²) in [5, 5.41) is 0. The number of aromatic nitrogens is 1. The van der Waals surface area contributed by atoms with E-state index in [1.54, 1.807) is 13.3 Å². The van der Waals surface area contributed by atoms with E-state index in [0.29, 0.717) is 11.9 Å². The van der Waals surface area contributed by atoms with Gasteiger partial charge in [0, 0.05) is 40.5 Å². The fourth-order valence-corrected chi connectivity index (χ4v) is 5.22. The Morgan fingerprint density at radius 1 is 1.07 bits per heavy atom. The molecule has 1 aliphatic carbocycles. The normalized spacial score (nSPS) is 28.9. The molecular formula is C24H29BrN4O. The van der Waals surface area contributed by atoms with Gasteiger partial charge in [-0.2, -0.15) is 0 Å². The lowest BCUT2D eigenvalue weighted by Gasteiger charge is -2.47. The first kappa shape index (κ1) is 21.2. The third-order valence-electron chi connectivity index (χ3n) is 6.84. The second kappa shape index (κ2) is 7.89. The standard InChI is InChI=1S/C24H29BrN4O/c1-15-5-6-17(18-11-19(25)14-27-13-18)12-21(15)24(28-16(2)22(26)29-24)23(3)9-7-20(30-4)8-10-23/h5-6,11-14,20H,7-10H2,1-4H3,(H2,26,29). The molecule has 0 saturated heterocycles. The van der Waals surface area contributed by atoms with Crippen molar-refractivity contribution in [3.8, 4) is 11.1 Å². The minimum absolute atomic E-state index is 0.136. The highest BCUT2D eigenvalue weighted by Gasteiger charge is 2.54. The van der Waals surface area contributed by atoms with Crippen LogP contribution in [0.3, 0.4) is 0 Å². The second-order valence-corrected chi connectivity index (χ2v) is 9.70. The molecular weight excluding hydrogens is 440 g/mol. The van der Waals surface area contributed by atoms with Crippen LogP contribution in [0, 0.1) is 12.3 Å². The van der Waals surface area contributed by atoms with Crippen LogP contribution in [0.25, 0.3) is 11.1 Å². The zero-order chi connectivity index (χ0) is 21.5. The van der Waals surface area contributed by atoms with Crippen molar-refractivity contribution in [3.05, 3.63) is 52.3 Å². The van der Waals surface area contributed by atoms with E-state index in [0.717, 1.165) is 52.6 Å². The highest BCUT2D eigenvalue weighted by atomic mass is 79.9.